The van der Waals surface area contributed by atoms with Crippen LogP contribution in [0.4, 0.5) is 17.6 Å². The first-order valence-corrected chi connectivity index (χ1v) is 11.5. The first-order chi connectivity index (χ1) is 15.9. The van der Waals surface area contributed by atoms with Crippen LogP contribution in [-0.4, -0.2) is 6.61 Å². The van der Waals surface area contributed by atoms with E-state index >= 15 is 4.39 Å². The van der Waals surface area contributed by atoms with Crippen molar-refractivity contribution in [1.82, 2.24) is 0 Å². The van der Waals surface area contributed by atoms with E-state index in [0.29, 0.717) is 35.3 Å². The highest BCUT2D eigenvalue weighted by Crippen LogP contribution is 2.38. The number of benzene rings is 3. The fraction of sp³-hybridized carbons (Fsp3) is 0.357. The first-order valence-electron chi connectivity index (χ1n) is 11.5. The summed E-state index contributed by atoms with van der Waals surface area (Å²) in [7, 11) is 0. The van der Waals surface area contributed by atoms with Crippen LogP contribution in [0.3, 0.4) is 0 Å². The zero-order valence-electron chi connectivity index (χ0n) is 18.5. The van der Waals surface area contributed by atoms with Crippen molar-refractivity contribution in [2.45, 2.75) is 57.5 Å². The van der Waals surface area contributed by atoms with Crippen molar-refractivity contribution in [3.05, 3.63) is 89.5 Å². The second-order valence-corrected chi connectivity index (χ2v) is 8.90. The van der Waals surface area contributed by atoms with Crippen LogP contribution in [0.2, 0.25) is 0 Å². The van der Waals surface area contributed by atoms with Crippen molar-refractivity contribution in [2.75, 3.05) is 0 Å². The summed E-state index contributed by atoms with van der Waals surface area (Å²) in [6, 6.07) is 13.6. The van der Waals surface area contributed by atoms with E-state index < -0.39 is 18.2 Å². The van der Waals surface area contributed by atoms with Crippen molar-refractivity contribution in [1.29, 1.82) is 0 Å². The summed E-state index contributed by atoms with van der Waals surface area (Å²) in [5.41, 5.74) is 2.41. The van der Waals surface area contributed by atoms with Gasteiger partial charge < -0.3 is 4.74 Å². The number of aryl methyl sites for hydroxylation is 2. The summed E-state index contributed by atoms with van der Waals surface area (Å²) in [5.74, 6) is -0.342. The molecule has 1 aliphatic carbocycles. The maximum atomic E-state index is 15.2. The molecule has 0 atom stereocenters. The van der Waals surface area contributed by atoms with Gasteiger partial charge in [-0.2, -0.15) is 8.78 Å². The summed E-state index contributed by atoms with van der Waals surface area (Å²) in [5, 5.41) is 1.48. The predicted molar refractivity (Wildman–Crippen MR) is 124 cm³/mol. The quantitative estimate of drug-likeness (QED) is 0.244. The van der Waals surface area contributed by atoms with E-state index in [2.05, 4.69) is 17.4 Å². The third-order valence-corrected chi connectivity index (χ3v) is 6.77. The summed E-state index contributed by atoms with van der Waals surface area (Å²) in [6.07, 6.45) is 8.58. The lowest BCUT2D eigenvalue weighted by Gasteiger charge is -2.28. The van der Waals surface area contributed by atoms with Crippen LogP contribution in [-0.2, 0) is 12.8 Å². The van der Waals surface area contributed by atoms with Gasteiger partial charge in [0.1, 0.15) is 5.82 Å². The Hall–Kier alpha value is -2.82. The highest BCUT2D eigenvalue weighted by atomic mass is 19.3. The van der Waals surface area contributed by atoms with E-state index in [4.69, 9.17) is 0 Å². The van der Waals surface area contributed by atoms with Gasteiger partial charge in [0.25, 0.3) is 0 Å². The normalized spacial score (nSPS) is 18.6. The van der Waals surface area contributed by atoms with Crippen LogP contribution in [0.1, 0.15) is 54.7 Å². The van der Waals surface area contributed by atoms with E-state index in [1.165, 1.54) is 30.5 Å². The second-order valence-electron chi connectivity index (χ2n) is 8.90. The Morgan fingerprint density at radius 2 is 1.73 bits per heavy atom. The third-order valence-electron chi connectivity index (χ3n) is 6.77. The molecule has 0 N–H and O–H groups in total. The Kier molecular flexibility index (Phi) is 7.36. The summed E-state index contributed by atoms with van der Waals surface area (Å²) >= 11 is 0. The fourth-order valence-electron chi connectivity index (χ4n) is 4.94. The predicted octanol–water partition coefficient (Wildman–Crippen LogP) is 8.35. The minimum atomic E-state index is -3.08. The van der Waals surface area contributed by atoms with Gasteiger partial charge in [-0.05, 0) is 91.0 Å². The van der Waals surface area contributed by atoms with Crippen LogP contribution in [0, 0.1) is 17.6 Å². The summed E-state index contributed by atoms with van der Waals surface area (Å²) in [4.78, 5) is 0. The van der Waals surface area contributed by atoms with E-state index in [1.807, 2.05) is 24.3 Å². The monoisotopic (exact) mass is 456 g/mol. The van der Waals surface area contributed by atoms with Gasteiger partial charge in [-0.1, -0.05) is 42.5 Å². The van der Waals surface area contributed by atoms with E-state index in [1.54, 1.807) is 6.07 Å². The summed E-state index contributed by atoms with van der Waals surface area (Å²) < 4.78 is 57.8. The maximum absolute atomic E-state index is 15.2. The molecule has 0 unspecified atom stereocenters. The zero-order valence-corrected chi connectivity index (χ0v) is 18.5. The van der Waals surface area contributed by atoms with Crippen molar-refractivity contribution in [2.24, 2.45) is 5.92 Å². The molecule has 3 aromatic carbocycles. The lowest BCUT2D eigenvalue weighted by molar-refractivity contribution is -0.0522. The molecule has 33 heavy (non-hydrogen) atoms. The van der Waals surface area contributed by atoms with Crippen LogP contribution in [0.25, 0.3) is 10.8 Å². The number of halogens is 4. The lowest BCUT2D eigenvalue weighted by atomic mass is 9.77. The van der Waals surface area contributed by atoms with Crippen molar-refractivity contribution in [3.63, 3.8) is 0 Å². The van der Waals surface area contributed by atoms with Crippen LogP contribution in [0.5, 0.6) is 5.75 Å². The highest BCUT2D eigenvalue weighted by Gasteiger charge is 2.22. The van der Waals surface area contributed by atoms with Gasteiger partial charge in [-0.25, -0.2) is 8.78 Å². The van der Waals surface area contributed by atoms with E-state index in [-0.39, 0.29) is 5.82 Å². The third kappa shape index (κ3) is 5.58. The number of hydrogen-bond acceptors (Lipinski definition) is 1. The minimum Gasteiger partial charge on any atom is -0.432 e. The Morgan fingerprint density at radius 1 is 0.939 bits per heavy atom. The molecular weight excluding hydrogens is 428 g/mol. The molecule has 0 radical (unpaired) electrons. The van der Waals surface area contributed by atoms with E-state index in [9.17, 15) is 13.2 Å². The Balaban J connectivity index is 1.44. The Morgan fingerprint density at radius 3 is 2.42 bits per heavy atom. The lowest BCUT2D eigenvalue weighted by Crippen LogP contribution is -2.12. The molecule has 1 nitrogen and oxygen atoms in total. The zero-order chi connectivity index (χ0) is 23.4. The average molecular weight is 457 g/mol. The van der Waals surface area contributed by atoms with Gasteiger partial charge in [-0.3, -0.25) is 0 Å². The molecule has 0 heterocycles. The van der Waals surface area contributed by atoms with Gasteiger partial charge in [-0.15, -0.1) is 6.58 Å². The minimum absolute atomic E-state index is 0.258. The van der Waals surface area contributed by atoms with Gasteiger partial charge in [0.15, 0.2) is 11.6 Å². The number of fused-ring (bicyclic) bond motifs is 1. The van der Waals surface area contributed by atoms with Crippen LogP contribution < -0.4 is 4.74 Å². The molecule has 1 aliphatic rings. The molecule has 174 valence electrons. The van der Waals surface area contributed by atoms with Crippen molar-refractivity contribution in [3.8, 4) is 5.75 Å². The molecule has 1 saturated carbocycles. The van der Waals surface area contributed by atoms with Crippen molar-refractivity contribution < 1.29 is 22.3 Å². The van der Waals surface area contributed by atoms with Crippen LogP contribution >= 0.6 is 0 Å². The Labute approximate surface area is 192 Å². The molecule has 1 fully saturated rings. The number of allylic oxidation sites excluding steroid dienone is 1. The molecule has 0 amide bonds. The number of rotatable bonds is 8. The number of ether oxygens (including phenoxy) is 1. The molecule has 4 rings (SSSR count). The topological polar surface area (TPSA) is 9.23 Å². The smallest absolute Gasteiger partial charge is 0.387 e. The molecule has 0 bridgehead atoms. The van der Waals surface area contributed by atoms with Crippen LogP contribution in [0.15, 0.2) is 61.2 Å². The molecular formula is C28H28F4O. The van der Waals surface area contributed by atoms with Gasteiger partial charge >= 0.3 is 6.61 Å². The van der Waals surface area contributed by atoms with E-state index in [0.717, 1.165) is 36.6 Å². The number of hydrogen-bond donors (Lipinski definition) is 0. The average Bonchev–Trinajstić information content (AvgIpc) is 2.80. The molecule has 0 saturated heterocycles. The van der Waals surface area contributed by atoms with Crippen molar-refractivity contribution >= 4 is 10.8 Å². The first kappa shape index (κ1) is 23.3. The standard InChI is InChI=1S/C28H28F4O/c1-2-3-18-4-8-20(9-5-18)22-13-14-24-23(17-22)12-11-21(27(24)30)10-6-19-7-15-26(25(29)16-19)33-28(31)32/h2,7,11-18,20,28H,1,3-6,8-10H2. The molecule has 0 aromatic heterocycles. The molecule has 3 aromatic rings. The second kappa shape index (κ2) is 10.4. The highest BCUT2D eigenvalue weighted by molar-refractivity contribution is 5.84. The molecule has 0 spiro atoms. The van der Waals surface area contributed by atoms with Gasteiger partial charge in [0.2, 0.25) is 0 Å². The fourth-order valence-corrected chi connectivity index (χ4v) is 4.94. The molecule has 0 aliphatic heterocycles. The van der Waals surface area contributed by atoms with Gasteiger partial charge in [0, 0.05) is 5.39 Å². The summed E-state index contributed by atoms with van der Waals surface area (Å²) in [6.45, 7) is 0.767. The largest absolute Gasteiger partial charge is 0.432 e. The maximum Gasteiger partial charge on any atom is 0.387 e. The number of alkyl halides is 2. The Bertz CT molecular complexity index is 1120. The SMILES string of the molecule is C=CCC1CCC(c2ccc3c(F)c(CCc4ccc(OC(F)F)c(F)c4)ccc3c2)CC1. The van der Waals surface area contributed by atoms with Gasteiger partial charge in [0.05, 0.1) is 0 Å². The molecule has 5 heteroatoms.